The third kappa shape index (κ3) is 3.50. The van der Waals surface area contributed by atoms with Gasteiger partial charge in [0.15, 0.2) is 0 Å². The summed E-state index contributed by atoms with van der Waals surface area (Å²) in [5, 5.41) is 7.05. The maximum atomic E-state index is 12.3. The summed E-state index contributed by atoms with van der Waals surface area (Å²) in [4.78, 5) is 12.3. The van der Waals surface area contributed by atoms with Crippen molar-refractivity contribution in [3.63, 3.8) is 0 Å². The van der Waals surface area contributed by atoms with Crippen molar-refractivity contribution in [2.24, 2.45) is 12.8 Å². The number of nitrogens with one attached hydrogen (secondary N) is 1. The summed E-state index contributed by atoms with van der Waals surface area (Å²) in [5.74, 6) is 5.60. The Labute approximate surface area is 124 Å². The van der Waals surface area contributed by atoms with Crippen LogP contribution in [-0.4, -0.2) is 22.2 Å². The van der Waals surface area contributed by atoms with Crippen LogP contribution in [0.25, 0.3) is 0 Å². The van der Waals surface area contributed by atoms with Crippen molar-refractivity contribution in [2.45, 2.75) is 13.8 Å². The molecule has 3 N–H and O–H groups in total. The topological polar surface area (TPSA) is 72.9 Å². The first-order valence-electron chi connectivity index (χ1n) is 6.62. The van der Waals surface area contributed by atoms with Gasteiger partial charge in [0.2, 0.25) is 0 Å². The van der Waals surface area contributed by atoms with E-state index in [1.54, 1.807) is 24.9 Å². The van der Waals surface area contributed by atoms with Gasteiger partial charge < -0.3 is 11.1 Å². The molecule has 0 spiro atoms. The van der Waals surface area contributed by atoms with Gasteiger partial charge in [-0.1, -0.05) is 17.9 Å². The molecule has 0 atom stereocenters. The number of carbonyl (C=O) groups is 1. The zero-order valence-corrected chi connectivity index (χ0v) is 12.4. The minimum absolute atomic E-state index is 0.194. The molecule has 5 heteroatoms. The fraction of sp³-hybridized carbons (Fsp3) is 0.250. The standard InChI is InChI=1S/C16H18N4O/c1-11-6-7-15(13(9-11)5-4-8-17)18-16(21)14-10-20(3)19-12(14)2/h6-7,9-10H,8,17H2,1-3H3,(H,18,21). The Morgan fingerprint density at radius 1 is 1.43 bits per heavy atom. The molecule has 2 aromatic rings. The zero-order chi connectivity index (χ0) is 15.4. The van der Waals surface area contributed by atoms with Gasteiger partial charge in [0.25, 0.3) is 5.91 Å². The van der Waals surface area contributed by atoms with Crippen molar-refractivity contribution < 1.29 is 4.79 Å². The molecule has 0 aliphatic carbocycles. The van der Waals surface area contributed by atoms with Crippen LogP contribution in [0.4, 0.5) is 5.69 Å². The highest BCUT2D eigenvalue weighted by molar-refractivity contribution is 6.05. The average Bonchev–Trinajstić information content (AvgIpc) is 2.78. The van der Waals surface area contributed by atoms with Gasteiger partial charge >= 0.3 is 0 Å². The Hall–Kier alpha value is -2.58. The van der Waals surface area contributed by atoms with E-state index in [9.17, 15) is 4.79 Å². The summed E-state index contributed by atoms with van der Waals surface area (Å²) in [7, 11) is 1.79. The molecule has 108 valence electrons. The normalized spacial score (nSPS) is 9.90. The summed E-state index contributed by atoms with van der Waals surface area (Å²) < 4.78 is 1.62. The Balaban J connectivity index is 2.31. The van der Waals surface area contributed by atoms with Crippen molar-refractivity contribution in [3.05, 3.63) is 46.8 Å². The van der Waals surface area contributed by atoms with Gasteiger partial charge in [-0.05, 0) is 31.5 Å². The van der Waals surface area contributed by atoms with E-state index in [2.05, 4.69) is 22.3 Å². The molecule has 0 radical (unpaired) electrons. The van der Waals surface area contributed by atoms with Gasteiger partial charge in [-0.2, -0.15) is 5.10 Å². The number of benzene rings is 1. The highest BCUT2D eigenvalue weighted by Crippen LogP contribution is 2.18. The van der Waals surface area contributed by atoms with Crippen molar-refractivity contribution in [1.29, 1.82) is 0 Å². The third-order valence-electron chi connectivity index (χ3n) is 3.01. The number of amides is 1. The molecule has 1 aromatic carbocycles. The Morgan fingerprint density at radius 2 is 2.19 bits per heavy atom. The summed E-state index contributed by atoms with van der Waals surface area (Å²) in [5.41, 5.74) is 9.16. The smallest absolute Gasteiger partial charge is 0.259 e. The summed E-state index contributed by atoms with van der Waals surface area (Å²) in [6, 6.07) is 5.70. The second kappa shape index (κ2) is 6.25. The molecule has 2 rings (SSSR count). The van der Waals surface area contributed by atoms with Crippen LogP contribution in [-0.2, 0) is 7.05 Å². The van der Waals surface area contributed by atoms with E-state index in [4.69, 9.17) is 5.73 Å². The van der Waals surface area contributed by atoms with Gasteiger partial charge in [0.05, 0.1) is 23.5 Å². The number of nitrogens with two attached hydrogens (primary N) is 1. The quantitative estimate of drug-likeness (QED) is 0.822. The third-order valence-corrected chi connectivity index (χ3v) is 3.01. The number of hydrogen-bond donors (Lipinski definition) is 2. The Bertz CT molecular complexity index is 734. The first kappa shape index (κ1) is 14.8. The van der Waals surface area contributed by atoms with Gasteiger partial charge in [0, 0.05) is 18.8 Å². The van der Waals surface area contributed by atoms with Gasteiger partial charge in [0.1, 0.15) is 0 Å². The Morgan fingerprint density at radius 3 is 2.81 bits per heavy atom. The van der Waals surface area contributed by atoms with Gasteiger partial charge in [-0.25, -0.2) is 0 Å². The van der Waals surface area contributed by atoms with Crippen LogP contribution in [0.3, 0.4) is 0 Å². The van der Waals surface area contributed by atoms with Crippen molar-refractivity contribution in [2.75, 3.05) is 11.9 Å². The highest BCUT2D eigenvalue weighted by atomic mass is 16.1. The number of aromatic nitrogens is 2. The molecule has 1 amide bonds. The lowest BCUT2D eigenvalue weighted by atomic mass is 10.1. The summed E-state index contributed by atoms with van der Waals surface area (Å²) in [6.07, 6.45) is 1.70. The van der Waals surface area contributed by atoms with E-state index in [0.29, 0.717) is 16.9 Å². The molecular formula is C16H18N4O. The monoisotopic (exact) mass is 282 g/mol. The van der Waals surface area contributed by atoms with Crippen LogP contribution in [0.2, 0.25) is 0 Å². The maximum absolute atomic E-state index is 12.3. The molecule has 21 heavy (non-hydrogen) atoms. The predicted molar refractivity (Wildman–Crippen MR) is 83.0 cm³/mol. The van der Waals surface area contributed by atoms with Crippen molar-refractivity contribution in [3.8, 4) is 11.8 Å². The van der Waals surface area contributed by atoms with E-state index < -0.39 is 0 Å². The second-order valence-corrected chi connectivity index (χ2v) is 4.81. The number of carbonyl (C=O) groups excluding carboxylic acids is 1. The molecule has 0 bridgehead atoms. The lowest BCUT2D eigenvalue weighted by Crippen LogP contribution is -2.13. The summed E-state index contributed by atoms with van der Waals surface area (Å²) in [6.45, 7) is 4.06. The lowest BCUT2D eigenvalue weighted by molar-refractivity contribution is 0.102. The first-order valence-corrected chi connectivity index (χ1v) is 6.62. The minimum atomic E-state index is -0.194. The van der Waals surface area contributed by atoms with Crippen LogP contribution in [0.1, 0.15) is 27.2 Å². The van der Waals surface area contributed by atoms with Crippen LogP contribution in [0.15, 0.2) is 24.4 Å². The number of rotatable bonds is 2. The lowest BCUT2D eigenvalue weighted by Gasteiger charge is -2.08. The molecule has 0 unspecified atom stereocenters. The minimum Gasteiger partial charge on any atom is -0.321 e. The van der Waals surface area contributed by atoms with E-state index >= 15 is 0 Å². The molecule has 0 aliphatic rings. The first-order chi connectivity index (χ1) is 10.0. The highest BCUT2D eigenvalue weighted by Gasteiger charge is 2.13. The fourth-order valence-electron chi connectivity index (χ4n) is 2.03. The molecule has 0 aliphatic heterocycles. The van der Waals surface area contributed by atoms with Crippen LogP contribution in [0, 0.1) is 25.7 Å². The van der Waals surface area contributed by atoms with Crippen molar-refractivity contribution >= 4 is 11.6 Å². The van der Waals surface area contributed by atoms with E-state index in [1.807, 2.05) is 25.1 Å². The average molecular weight is 282 g/mol. The molecule has 0 fully saturated rings. The number of nitrogens with zero attached hydrogens (tertiary/aromatic N) is 2. The summed E-state index contributed by atoms with van der Waals surface area (Å²) >= 11 is 0. The molecule has 1 aromatic heterocycles. The van der Waals surface area contributed by atoms with Gasteiger partial charge in [-0.3, -0.25) is 9.48 Å². The second-order valence-electron chi connectivity index (χ2n) is 4.81. The zero-order valence-electron chi connectivity index (χ0n) is 12.4. The maximum Gasteiger partial charge on any atom is 0.259 e. The number of anilines is 1. The molecule has 0 saturated heterocycles. The SMILES string of the molecule is Cc1ccc(NC(=O)c2cn(C)nc2C)c(C#CCN)c1. The predicted octanol–water partition coefficient (Wildman–Crippen LogP) is 1.60. The Kier molecular flexibility index (Phi) is 4.41. The van der Waals surface area contributed by atoms with Crippen LogP contribution >= 0.6 is 0 Å². The molecule has 0 saturated carbocycles. The van der Waals surface area contributed by atoms with Gasteiger partial charge in [-0.15, -0.1) is 0 Å². The fourth-order valence-corrected chi connectivity index (χ4v) is 2.03. The van der Waals surface area contributed by atoms with Crippen LogP contribution in [0.5, 0.6) is 0 Å². The number of aryl methyl sites for hydroxylation is 3. The van der Waals surface area contributed by atoms with Crippen LogP contribution < -0.4 is 11.1 Å². The largest absolute Gasteiger partial charge is 0.321 e. The number of hydrogen-bond acceptors (Lipinski definition) is 3. The van der Waals surface area contributed by atoms with Crippen molar-refractivity contribution in [1.82, 2.24) is 9.78 Å². The van der Waals surface area contributed by atoms with E-state index in [-0.39, 0.29) is 12.5 Å². The molecular weight excluding hydrogens is 264 g/mol. The molecule has 1 heterocycles. The van der Waals surface area contributed by atoms with E-state index in [0.717, 1.165) is 11.1 Å². The van der Waals surface area contributed by atoms with E-state index in [1.165, 1.54) is 0 Å². The molecule has 5 nitrogen and oxygen atoms in total.